The normalized spacial score (nSPS) is 12.2. The van der Waals surface area contributed by atoms with Crippen molar-refractivity contribution in [3.8, 4) is 11.4 Å². The monoisotopic (exact) mass is 366 g/mol. The van der Waals surface area contributed by atoms with Gasteiger partial charge in [-0.3, -0.25) is 4.90 Å². The Morgan fingerprint density at radius 3 is 2.65 bits per heavy atom. The fraction of sp³-hybridized carbons (Fsp3) is 0.238. The van der Waals surface area contributed by atoms with Crippen molar-refractivity contribution < 1.29 is 0 Å². The average molecular weight is 367 g/mol. The SMILES string of the molecule is CC(CNc1ccnc(-c2cccc(Cl)c2)n1)N(C)Cc1ccccc1. The summed E-state index contributed by atoms with van der Waals surface area (Å²) >= 11 is 6.06. The minimum atomic E-state index is 0.361. The highest BCUT2D eigenvalue weighted by Crippen LogP contribution is 2.20. The molecule has 0 bridgehead atoms. The molecule has 3 aromatic rings. The quantitative estimate of drug-likeness (QED) is 0.656. The molecule has 1 unspecified atom stereocenters. The third-order valence-electron chi connectivity index (χ3n) is 4.34. The molecule has 0 amide bonds. The number of halogens is 1. The van der Waals surface area contributed by atoms with Crippen LogP contribution in [0, 0.1) is 0 Å². The van der Waals surface area contributed by atoms with E-state index in [2.05, 4.69) is 58.4 Å². The fourth-order valence-corrected chi connectivity index (χ4v) is 2.85. The molecule has 0 spiro atoms. The lowest BCUT2D eigenvalue weighted by Crippen LogP contribution is -2.34. The van der Waals surface area contributed by atoms with Crippen molar-refractivity contribution in [1.82, 2.24) is 14.9 Å². The van der Waals surface area contributed by atoms with Crippen LogP contribution in [0.25, 0.3) is 11.4 Å². The van der Waals surface area contributed by atoms with Crippen molar-refractivity contribution in [2.24, 2.45) is 0 Å². The number of rotatable bonds is 7. The number of nitrogens with one attached hydrogen (secondary N) is 1. The molecule has 3 rings (SSSR count). The van der Waals surface area contributed by atoms with E-state index in [0.29, 0.717) is 16.9 Å². The van der Waals surface area contributed by atoms with E-state index in [0.717, 1.165) is 24.5 Å². The molecule has 26 heavy (non-hydrogen) atoms. The summed E-state index contributed by atoms with van der Waals surface area (Å²) in [6.45, 7) is 3.92. The first kappa shape index (κ1) is 18.4. The molecule has 1 atom stereocenters. The van der Waals surface area contributed by atoms with E-state index in [1.165, 1.54) is 5.56 Å². The van der Waals surface area contributed by atoms with Gasteiger partial charge in [-0.25, -0.2) is 9.97 Å². The molecule has 5 heteroatoms. The van der Waals surface area contributed by atoms with Crippen LogP contribution < -0.4 is 5.32 Å². The van der Waals surface area contributed by atoms with Gasteiger partial charge >= 0.3 is 0 Å². The van der Waals surface area contributed by atoms with Gasteiger partial charge in [0.1, 0.15) is 5.82 Å². The molecule has 1 N–H and O–H groups in total. The van der Waals surface area contributed by atoms with Gasteiger partial charge < -0.3 is 5.32 Å². The summed E-state index contributed by atoms with van der Waals surface area (Å²) in [5, 5.41) is 4.09. The minimum Gasteiger partial charge on any atom is -0.368 e. The van der Waals surface area contributed by atoms with E-state index in [1.54, 1.807) is 6.20 Å². The highest BCUT2D eigenvalue weighted by molar-refractivity contribution is 6.30. The Morgan fingerprint density at radius 1 is 1.08 bits per heavy atom. The molecule has 0 saturated carbocycles. The maximum absolute atomic E-state index is 6.06. The Hall–Kier alpha value is -2.43. The summed E-state index contributed by atoms with van der Waals surface area (Å²) in [4.78, 5) is 11.3. The largest absolute Gasteiger partial charge is 0.368 e. The molecule has 4 nitrogen and oxygen atoms in total. The summed E-state index contributed by atoms with van der Waals surface area (Å²) < 4.78 is 0. The molecule has 0 aliphatic carbocycles. The van der Waals surface area contributed by atoms with Gasteiger partial charge in [0.2, 0.25) is 0 Å². The minimum absolute atomic E-state index is 0.361. The highest BCUT2D eigenvalue weighted by atomic mass is 35.5. The lowest BCUT2D eigenvalue weighted by atomic mass is 10.2. The topological polar surface area (TPSA) is 41.1 Å². The van der Waals surface area contributed by atoms with Crippen molar-refractivity contribution in [2.75, 3.05) is 18.9 Å². The van der Waals surface area contributed by atoms with Crippen molar-refractivity contribution >= 4 is 17.4 Å². The Bertz CT molecular complexity index is 838. The van der Waals surface area contributed by atoms with Gasteiger partial charge in [0.05, 0.1) is 0 Å². The van der Waals surface area contributed by atoms with E-state index in [-0.39, 0.29) is 0 Å². The number of nitrogens with zero attached hydrogens (tertiary/aromatic N) is 3. The average Bonchev–Trinajstić information content (AvgIpc) is 2.67. The molecule has 2 aromatic carbocycles. The van der Waals surface area contributed by atoms with Gasteiger partial charge in [0.25, 0.3) is 0 Å². The summed E-state index contributed by atoms with van der Waals surface area (Å²) in [6.07, 6.45) is 1.77. The summed E-state index contributed by atoms with van der Waals surface area (Å²) in [7, 11) is 2.14. The van der Waals surface area contributed by atoms with Crippen molar-refractivity contribution in [3.05, 3.63) is 77.4 Å². The van der Waals surface area contributed by atoms with Crippen LogP contribution in [0.3, 0.4) is 0 Å². The van der Waals surface area contributed by atoms with Gasteiger partial charge in [-0.15, -0.1) is 0 Å². The number of hydrogen-bond donors (Lipinski definition) is 1. The number of likely N-dealkylation sites (N-methyl/N-ethyl adjacent to an activating group) is 1. The van der Waals surface area contributed by atoms with Gasteiger partial charge in [-0.2, -0.15) is 0 Å². The van der Waals surface area contributed by atoms with Gasteiger partial charge in [0, 0.05) is 35.9 Å². The van der Waals surface area contributed by atoms with Crippen LogP contribution in [-0.4, -0.2) is 34.5 Å². The molecule has 0 radical (unpaired) electrons. The highest BCUT2D eigenvalue weighted by Gasteiger charge is 2.10. The van der Waals surface area contributed by atoms with Crippen LogP contribution in [0.5, 0.6) is 0 Å². The van der Waals surface area contributed by atoms with E-state index < -0.39 is 0 Å². The van der Waals surface area contributed by atoms with Gasteiger partial charge in [-0.05, 0) is 37.7 Å². The standard InChI is InChI=1S/C21H23ClN4/c1-16(26(2)15-17-7-4-3-5-8-17)14-24-20-11-12-23-21(25-20)18-9-6-10-19(22)13-18/h3-13,16H,14-15H2,1-2H3,(H,23,24,25). The first-order valence-corrected chi connectivity index (χ1v) is 9.06. The Balaban J connectivity index is 1.60. The van der Waals surface area contributed by atoms with Gasteiger partial charge in [0.15, 0.2) is 5.82 Å². The van der Waals surface area contributed by atoms with Crippen molar-refractivity contribution in [2.45, 2.75) is 19.5 Å². The molecular formula is C21H23ClN4. The van der Waals surface area contributed by atoms with Gasteiger partial charge in [-0.1, -0.05) is 54.1 Å². The molecule has 1 heterocycles. The first-order chi connectivity index (χ1) is 12.6. The van der Waals surface area contributed by atoms with E-state index >= 15 is 0 Å². The Kier molecular flexibility index (Phi) is 6.21. The zero-order valence-corrected chi connectivity index (χ0v) is 15.8. The number of anilines is 1. The maximum atomic E-state index is 6.06. The Morgan fingerprint density at radius 2 is 1.88 bits per heavy atom. The molecule has 0 aliphatic heterocycles. The predicted octanol–water partition coefficient (Wildman–Crippen LogP) is 4.73. The predicted molar refractivity (Wildman–Crippen MR) is 108 cm³/mol. The summed E-state index contributed by atoms with van der Waals surface area (Å²) in [6, 6.07) is 20.3. The Labute approximate surface area is 159 Å². The maximum Gasteiger partial charge on any atom is 0.161 e. The van der Waals surface area contributed by atoms with Crippen LogP contribution in [0.2, 0.25) is 5.02 Å². The second kappa shape index (κ2) is 8.79. The molecule has 0 saturated heterocycles. The third kappa shape index (κ3) is 5.04. The van der Waals surface area contributed by atoms with Crippen molar-refractivity contribution in [1.29, 1.82) is 0 Å². The van der Waals surface area contributed by atoms with E-state index in [4.69, 9.17) is 11.6 Å². The number of benzene rings is 2. The van der Waals surface area contributed by atoms with E-state index in [1.807, 2.05) is 36.4 Å². The van der Waals surface area contributed by atoms with Crippen LogP contribution in [0.15, 0.2) is 66.9 Å². The van der Waals surface area contributed by atoms with Crippen LogP contribution in [0.4, 0.5) is 5.82 Å². The summed E-state index contributed by atoms with van der Waals surface area (Å²) in [5.41, 5.74) is 2.22. The smallest absolute Gasteiger partial charge is 0.161 e. The fourth-order valence-electron chi connectivity index (χ4n) is 2.66. The van der Waals surface area contributed by atoms with Crippen LogP contribution in [-0.2, 0) is 6.54 Å². The second-order valence-corrected chi connectivity index (χ2v) is 6.84. The van der Waals surface area contributed by atoms with E-state index in [9.17, 15) is 0 Å². The number of aromatic nitrogens is 2. The first-order valence-electron chi connectivity index (χ1n) is 8.69. The molecular weight excluding hydrogens is 344 g/mol. The van der Waals surface area contributed by atoms with Crippen LogP contribution in [0.1, 0.15) is 12.5 Å². The lowest BCUT2D eigenvalue weighted by Gasteiger charge is -2.25. The zero-order chi connectivity index (χ0) is 18.4. The molecule has 1 aromatic heterocycles. The zero-order valence-electron chi connectivity index (χ0n) is 15.1. The van der Waals surface area contributed by atoms with Crippen molar-refractivity contribution in [3.63, 3.8) is 0 Å². The summed E-state index contributed by atoms with van der Waals surface area (Å²) in [5.74, 6) is 1.48. The molecule has 0 fully saturated rings. The molecule has 0 aliphatic rings. The molecule has 134 valence electrons. The number of hydrogen-bond acceptors (Lipinski definition) is 4. The third-order valence-corrected chi connectivity index (χ3v) is 4.58. The van der Waals surface area contributed by atoms with Crippen LogP contribution >= 0.6 is 11.6 Å². The lowest BCUT2D eigenvalue weighted by molar-refractivity contribution is 0.259. The second-order valence-electron chi connectivity index (χ2n) is 6.41.